The van der Waals surface area contributed by atoms with E-state index in [1.807, 2.05) is 54.6 Å². The zero-order valence-electron chi connectivity index (χ0n) is 19.5. The molecule has 0 aliphatic carbocycles. The smallest absolute Gasteiger partial charge is 0.432 e. The minimum atomic E-state index is -2.41. The van der Waals surface area contributed by atoms with Crippen LogP contribution in [0, 0.1) is 11.7 Å². The Morgan fingerprint density at radius 1 is 1.23 bits per heavy atom. The first-order valence-electron chi connectivity index (χ1n) is 10.7. The monoisotopic (exact) mass is 435 g/mol. The highest BCUT2D eigenvalue weighted by molar-refractivity contribution is 6.72. The number of anilines is 1. The Balaban J connectivity index is 1.76. The van der Waals surface area contributed by atoms with Gasteiger partial charge in [-0.25, -0.2) is 4.39 Å². The molecule has 0 aromatic heterocycles. The number of hydrogen-bond donors (Lipinski definition) is 1. The molecule has 5 nitrogen and oxygen atoms in total. The van der Waals surface area contributed by atoms with Gasteiger partial charge in [0.1, 0.15) is 5.82 Å². The second-order valence-electron chi connectivity index (χ2n) is 10.9. The van der Waals surface area contributed by atoms with E-state index in [0.29, 0.717) is 30.5 Å². The summed E-state index contributed by atoms with van der Waals surface area (Å²) in [6.45, 7) is 16.2. The lowest BCUT2D eigenvalue weighted by molar-refractivity contribution is -0.120. The lowest BCUT2D eigenvalue weighted by Gasteiger charge is -2.36. The molecular formula is C22H35BFNO4Si. The molecule has 30 heavy (non-hydrogen) atoms. The number of nitrogens with zero attached hydrogens (tertiary/aromatic N) is 1. The molecule has 1 unspecified atom stereocenters. The third kappa shape index (κ3) is 4.11. The number of rotatable bonds is 5. The summed E-state index contributed by atoms with van der Waals surface area (Å²) in [5.41, 5.74) is -0.100. The Kier molecular flexibility index (Phi) is 5.81. The molecule has 1 amide bonds. The van der Waals surface area contributed by atoms with Gasteiger partial charge in [-0.05, 0) is 76.3 Å². The summed E-state index contributed by atoms with van der Waals surface area (Å²) in [6, 6.07) is 4.83. The van der Waals surface area contributed by atoms with Crippen molar-refractivity contribution in [3.8, 4) is 0 Å². The molecule has 3 rings (SSSR count). The minimum Gasteiger partial charge on any atom is -0.432 e. The van der Waals surface area contributed by atoms with Crippen molar-refractivity contribution >= 4 is 32.5 Å². The molecule has 2 fully saturated rings. The molecule has 0 spiro atoms. The van der Waals surface area contributed by atoms with Crippen molar-refractivity contribution < 1.29 is 23.3 Å². The van der Waals surface area contributed by atoms with Crippen molar-refractivity contribution in [2.24, 2.45) is 5.92 Å². The third-order valence-electron chi connectivity index (χ3n) is 7.52. The Morgan fingerprint density at radius 2 is 1.80 bits per heavy atom. The highest BCUT2D eigenvalue weighted by Gasteiger charge is 2.52. The molecule has 2 aliphatic heterocycles. The molecule has 2 heterocycles. The molecule has 1 aromatic carbocycles. The van der Waals surface area contributed by atoms with Gasteiger partial charge in [-0.2, -0.15) is 0 Å². The van der Waals surface area contributed by atoms with Gasteiger partial charge in [-0.3, -0.25) is 4.79 Å². The van der Waals surface area contributed by atoms with Gasteiger partial charge in [-0.15, -0.1) is 0 Å². The summed E-state index contributed by atoms with van der Waals surface area (Å²) in [7, 11) is -3.05. The average molecular weight is 435 g/mol. The van der Waals surface area contributed by atoms with Crippen molar-refractivity contribution in [1.82, 2.24) is 0 Å². The van der Waals surface area contributed by atoms with Gasteiger partial charge >= 0.3 is 7.12 Å². The fourth-order valence-electron chi connectivity index (χ4n) is 3.90. The van der Waals surface area contributed by atoms with Gasteiger partial charge in [0.2, 0.25) is 5.91 Å². The van der Waals surface area contributed by atoms with Gasteiger partial charge in [0.25, 0.3) is 0 Å². The highest BCUT2D eigenvalue weighted by atomic mass is 28.4. The highest BCUT2D eigenvalue weighted by Crippen LogP contribution is 2.44. The van der Waals surface area contributed by atoms with E-state index in [1.165, 1.54) is 11.0 Å². The van der Waals surface area contributed by atoms with E-state index >= 15 is 4.39 Å². The van der Waals surface area contributed by atoms with E-state index in [9.17, 15) is 9.59 Å². The number of halogens is 1. The molecule has 1 aromatic rings. The predicted molar refractivity (Wildman–Crippen MR) is 121 cm³/mol. The molecule has 2 saturated heterocycles. The second kappa shape index (κ2) is 7.43. The standard InChI is InChI=1S/C22H35BFNO4Si/c1-20(2,30(7,8)27)14-15-11-12-25(19(15)26)18-10-9-16(13-17(18)24)23-28-21(3,4)22(5,6)29-23/h9-10,13,15,27H,11-12,14H2,1-8H3. The van der Waals surface area contributed by atoms with E-state index in [1.54, 1.807) is 12.1 Å². The average Bonchev–Trinajstić information content (AvgIpc) is 3.03. The fourth-order valence-corrected chi connectivity index (χ4v) is 4.65. The summed E-state index contributed by atoms with van der Waals surface area (Å²) in [6.07, 6.45) is 1.29. The number of carbonyl (C=O) groups is 1. The lowest BCUT2D eigenvalue weighted by Crippen LogP contribution is -2.41. The van der Waals surface area contributed by atoms with Crippen molar-refractivity contribution in [3.05, 3.63) is 24.0 Å². The molecule has 8 heteroatoms. The van der Waals surface area contributed by atoms with Crippen LogP contribution in [-0.2, 0) is 14.1 Å². The number of amides is 1. The van der Waals surface area contributed by atoms with Crippen LogP contribution in [0.2, 0.25) is 18.1 Å². The van der Waals surface area contributed by atoms with Crippen molar-refractivity contribution in [1.29, 1.82) is 0 Å². The van der Waals surface area contributed by atoms with Gasteiger partial charge < -0.3 is 19.0 Å². The number of benzene rings is 1. The van der Waals surface area contributed by atoms with E-state index in [-0.39, 0.29) is 16.9 Å². The molecular weight excluding hydrogens is 400 g/mol. The van der Waals surface area contributed by atoms with Crippen LogP contribution in [0.1, 0.15) is 54.4 Å². The van der Waals surface area contributed by atoms with Gasteiger partial charge in [-0.1, -0.05) is 19.9 Å². The van der Waals surface area contributed by atoms with E-state index in [0.717, 1.165) is 0 Å². The zero-order valence-corrected chi connectivity index (χ0v) is 20.5. The molecule has 0 bridgehead atoms. The molecule has 0 saturated carbocycles. The van der Waals surface area contributed by atoms with Crippen LogP contribution in [0.4, 0.5) is 10.1 Å². The Morgan fingerprint density at radius 3 is 2.30 bits per heavy atom. The molecule has 1 atom stereocenters. The van der Waals surface area contributed by atoms with Crippen LogP contribution in [-0.4, -0.2) is 43.9 Å². The Bertz CT molecular complexity index is 821. The zero-order chi connectivity index (χ0) is 22.7. The van der Waals surface area contributed by atoms with Gasteiger partial charge in [0.05, 0.1) is 16.9 Å². The summed E-state index contributed by atoms with van der Waals surface area (Å²) < 4.78 is 27.0. The SMILES string of the molecule is CC1(C)OB(c2ccc(N3CCC(CC(C)(C)[Si](C)(C)O)C3=O)c(F)c2)OC1(C)C. The summed E-state index contributed by atoms with van der Waals surface area (Å²) in [5.74, 6) is -0.711. The van der Waals surface area contributed by atoms with E-state index < -0.39 is 32.5 Å². The third-order valence-corrected chi connectivity index (χ3v) is 11.0. The largest absolute Gasteiger partial charge is 0.494 e. The maximum Gasteiger partial charge on any atom is 0.494 e. The van der Waals surface area contributed by atoms with E-state index in [4.69, 9.17) is 9.31 Å². The summed E-state index contributed by atoms with van der Waals surface area (Å²) in [4.78, 5) is 25.1. The van der Waals surface area contributed by atoms with Crippen LogP contribution >= 0.6 is 0 Å². The van der Waals surface area contributed by atoms with Crippen LogP contribution in [0.25, 0.3) is 0 Å². The van der Waals surface area contributed by atoms with Crippen LogP contribution in [0.15, 0.2) is 18.2 Å². The first-order valence-corrected chi connectivity index (χ1v) is 13.7. The van der Waals surface area contributed by atoms with Crippen molar-refractivity contribution in [3.63, 3.8) is 0 Å². The molecule has 0 radical (unpaired) electrons. The summed E-state index contributed by atoms with van der Waals surface area (Å²) >= 11 is 0. The van der Waals surface area contributed by atoms with Crippen molar-refractivity contribution in [2.75, 3.05) is 11.4 Å². The molecule has 1 N–H and O–H groups in total. The minimum absolute atomic E-state index is 0.0661. The first-order chi connectivity index (χ1) is 13.6. The normalized spacial score (nSPS) is 24.1. The number of hydrogen-bond acceptors (Lipinski definition) is 4. The van der Waals surface area contributed by atoms with Crippen molar-refractivity contribution in [2.45, 2.75) is 83.7 Å². The van der Waals surface area contributed by atoms with Gasteiger partial charge in [0.15, 0.2) is 8.32 Å². The Hall–Kier alpha value is -1.22. The maximum atomic E-state index is 15.0. The fraction of sp³-hybridized carbons (Fsp3) is 0.682. The van der Waals surface area contributed by atoms with Crippen LogP contribution in [0.5, 0.6) is 0 Å². The Labute approximate surface area is 181 Å². The van der Waals surface area contributed by atoms with Crippen LogP contribution < -0.4 is 10.4 Å². The van der Waals surface area contributed by atoms with Gasteiger partial charge in [0, 0.05) is 12.5 Å². The predicted octanol–water partition coefficient (Wildman–Crippen LogP) is 3.85. The first kappa shape index (κ1) is 23.4. The van der Waals surface area contributed by atoms with Crippen LogP contribution in [0.3, 0.4) is 0 Å². The number of carbonyl (C=O) groups excluding carboxylic acids is 1. The quantitative estimate of drug-likeness (QED) is 0.714. The second-order valence-corrected chi connectivity index (χ2v) is 15.4. The molecule has 2 aliphatic rings. The topological polar surface area (TPSA) is 59.0 Å². The maximum absolute atomic E-state index is 15.0. The molecule has 166 valence electrons. The van der Waals surface area contributed by atoms with E-state index in [2.05, 4.69) is 0 Å². The lowest BCUT2D eigenvalue weighted by atomic mass is 9.79. The summed E-state index contributed by atoms with van der Waals surface area (Å²) in [5, 5.41) is -0.289.